The number of carboxylic acid groups (broad SMARTS) is 2. The molecule has 0 fully saturated rings. The minimum absolute atomic E-state index is 0.0743. The van der Waals surface area contributed by atoms with Crippen LogP contribution >= 0.6 is 0 Å². The van der Waals surface area contributed by atoms with Gasteiger partial charge in [0, 0.05) is 6.54 Å². The molecule has 4 N–H and O–H groups in total. The van der Waals surface area contributed by atoms with Crippen LogP contribution in [0.4, 0.5) is 0 Å². The first kappa shape index (κ1) is 10.9. The molecule has 0 saturated carbocycles. The minimum Gasteiger partial charge on any atom is -0.479 e. The Morgan fingerprint density at radius 2 is 1.75 bits per heavy atom. The van der Waals surface area contributed by atoms with Crippen molar-refractivity contribution >= 4 is 11.9 Å². The van der Waals surface area contributed by atoms with Crippen molar-refractivity contribution in [2.75, 3.05) is 13.2 Å². The third kappa shape index (κ3) is 2.18. The molecule has 0 aliphatic rings. The molecule has 0 saturated heterocycles. The topological polar surface area (TPSA) is 107 Å². The lowest BCUT2D eigenvalue weighted by atomic mass is 10.0. The molecule has 0 atom stereocenters. The molecule has 0 aromatic rings. The minimum atomic E-state index is -2.03. The van der Waals surface area contributed by atoms with E-state index in [2.05, 4.69) is 5.32 Å². The lowest BCUT2D eigenvalue weighted by molar-refractivity contribution is -0.158. The second kappa shape index (κ2) is 4.03. The van der Waals surface area contributed by atoms with Crippen molar-refractivity contribution in [3.05, 3.63) is 0 Å². The molecule has 0 radical (unpaired) electrons. The summed E-state index contributed by atoms with van der Waals surface area (Å²) in [5.41, 5.74) is -2.03. The van der Waals surface area contributed by atoms with Crippen LogP contribution in [0, 0.1) is 0 Å². The molecule has 6 nitrogen and oxygen atoms in total. The third-order valence-electron chi connectivity index (χ3n) is 1.45. The number of β-amino-alcohol motifs (C(OH)–C–C–N with tert-alkyl or cyclic N) is 1. The molecule has 0 aliphatic heterocycles. The molecule has 70 valence electrons. The van der Waals surface area contributed by atoms with E-state index in [9.17, 15) is 9.59 Å². The second-order valence-corrected chi connectivity index (χ2v) is 2.39. The smallest absolute Gasteiger partial charge is 0.335 e. The van der Waals surface area contributed by atoms with E-state index in [1.165, 1.54) is 0 Å². The van der Waals surface area contributed by atoms with Gasteiger partial charge in [0.2, 0.25) is 5.54 Å². The van der Waals surface area contributed by atoms with Crippen LogP contribution in [0.15, 0.2) is 0 Å². The monoisotopic (exact) mass is 177 g/mol. The van der Waals surface area contributed by atoms with E-state index in [-0.39, 0.29) is 13.2 Å². The number of nitrogens with one attached hydrogen (secondary N) is 1. The van der Waals surface area contributed by atoms with Crippen LogP contribution in [0.1, 0.15) is 6.92 Å². The van der Waals surface area contributed by atoms with Gasteiger partial charge in [-0.2, -0.15) is 0 Å². The molecule has 6 heteroatoms. The Kier molecular flexibility index (Phi) is 3.65. The number of hydrogen-bond donors (Lipinski definition) is 4. The van der Waals surface area contributed by atoms with Crippen molar-refractivity contribution in [2.45, 2.75) is 12.5 Å². The average Bonchev–Trinajstić information content (AvgIpc) is 1.99. The predicted molar refractivity (Wildman–Crippen MR) is 38.8 cm³/mol. The summed E-state index contributed by atoms with van der Waals surface area (Å²) in [6.45, 7) is 0.637. The van der Waals surface area contributed by atoms with Crippen LogP contribution in [0.2, 0.25) is 0 Å². The van der Waals surface area contributed by atoms with E-state index < -0.39 is 17.5 Å². The number of carboxylic acids is 2. The summed E-state index contributed by atoms with van der Waals surface area (Å²) in [4.78, 5) is 20.9. The van der Waals surface area contributed by atoms with E-state index >= 15 is 0 Å². The Hall–Kier alpha value is -1.14. The molecule has 0 unspecified atom stereocenters. The number of hydrogen-bond acceptors (Lipinski definition) is 4. The number of aliphatic carboxylic acids is 2. The van der Waals surface area contributed by atoms with Crippen molar-refractivity contribution in [2.24, 2.45) is 0 Å². The Balaban J connectivity index is 4.40. The summed E-state index contributed by atoms with van der Waals surface area (Å²) in [5, 5.41) is 27.5. The molecule has 0 aromatic heterocycles. The fourth-order valence-corrected chi connectivity index (χ4v) is 0.549. The number of aliphatic hydroxyl groups is 1. The summed E-state index contributed by atoms with van der Waals surface area (Å²) in [6.07, 6.45) is 0. The highest BCUT2D eigenvalue weighted by Crippen LogP contribution is 2.03. The van der Waals surface area contributed by atoms with E-state index in [0.29, 0.717) is 0 Å². The molecule has 0 heterocycles. The van der Waals surface area contributed by atoms with Crippen LogP contribution in [0.25, 0.3) is 0 Å². The van der Waals surface area contributed by atoms with Crippen molar-refractivity contribution in [3.63, 3.8) is 0 Å². The van der Waals surface area contributed by atoms with Crippen LogP contribution < -0.4 is 5.32 Å². The van der Waals surface area contributed by atoms with Crippen molar-refractivity contribution < 1.29 is 24.9 Å². The van der Waals surface area contributed by atoms with Crippen LogP contribution in [0.5, 0.6) is 0 Å². The highest BCUT2D eigenvalue weighted by Gasteiger charge is 2.40. The summed E-state index contributed by atoms with van der Waals surface area (Å²) < 4.78 is 0. The van der Waals surface area contributed by atoms with E-state index in [1.54, 1.807) is 0 Å². The van der Waals surface area contributed by atoms with Gasteiger partial charge >= 0.3 is 11.9 Å². The average molecular weight is 177 g/mol. The van der Waals surface area contributed by atoms with Crippen molar-refractivity contribution in [3.8, 4) is 0 Å². The maximum atomic E-state index is 10.4. The Bertz CT molecular complexity index is 176. The lowest BCUT2D eigenvalue weighted by Crippen LogP contribution is -2.56. The van der Waals surface area contributed by atoms with Gasteiger partial charge in [0.25, 0.3) is 0 Å². The molecule has 0 bridgehead atoms. The van der Waals surface area contributed by atoms with Gasteiger partial charge in [-0.15, -0.1) is 0 Å². The van der Waals surface area contributed by atoms with Gasteiger partial charge in [-0.05, 0) is 6.92 Å². The Labute approximate surface area is 68.8 Å². The number of aliphatic hydroxyl groups excluding tert-OH is 1. The summed E-state index contributed by atoms with van der Waals surface area (Å²) in [5.74, 6) is -2.97. The normalized spacial score (nSPS) is 11.2. The zero-order chi connectivity index (χ0) is 9.78. The molecule has 0 spiro atoms. The first-order valence-electron chi connectivity index (χ1n) is 3.28. The molecule has 0 aromatic carbocycles. The fourth-order valence-electron chi connectivity index (χ4n) is 0.549. The zero-order valence-electron chi connectivity index (χ0n) is 6.57. The lowest BCUT2D eigenvalue weighted by Gasteiger charge is -2.20. The quantitative estimate of drug-likeness (QED) is 0.380. The molecular weight excluding hydrogens is 166 g/mol. The van der Waals surface area contributed by atoms with Crippen LogP contribution in [-0.4, -0.2) is 45.9 Å². The zero-order valence-corrected chi connectivity index (χ0v) is 6.57. The van der Waals surface area contributed by atoms with Crippen molar-refractivity contribution in [1.29, 1.82) is 0 Å². The summed E-state index contributed by atoms with van der Waals surface area (Å²) >= 11 is 0. The maximum Gasteiger partial charge on any atom is 0.335 e. The van der Waals surface area contributed by atoms with Gasteiger partial charge < -0.3 is 15.3 Å². The van der Waals surface area contributed by atoms with Gasteiger partial charge in [-0.25, -0.2) is 9.59 Å². The van der Waals surface area contributed by atoms with Crippen molar-refractivity contribution in [1.82, 2.24) is 5.32 Å². The second-order valence-electron chi connectivity index (χ2n) is 2.39. The van der Waals surface area contributed by atoms with Gasteiger partial charge in [0.15, 0.2) is 0 Å². The standard InChI is InChI=1S/C6H11NO5/c1-6(4(9)10,5(11)12)7-2-3-8/h7-8H,2-3H2,1H3,(H,9,10)(H,11,12). The molecule has 0 aliphatic carbocycles. The first-order valence-corrected chi connectivity index (χ1v) is 3.28. The highest BCUT2D eigenvalue weighted by atomic mass is 16.4. The maximum absolute atomic E-state index is 10.4. The van der Waals surface area contributed by atoms with Crippen LogP contribution in [-0.2, 0) is 9.59 Å². The SMILES string of the molecule is CC(NCCO)(C(=O)O)C(=O)O. The molecule has 12 heavy (non-hydrogen) atoms. The van der Waals surface area contributed by atoms with E-state index in [0.717, 1.165) is 6.92 Å². The Morgan fingerprint density at radius 1 is 1.33 bits per heavy atom. The molecular formula is C6H11NO5. The predicted octanol–water partition coefficient (Wildman–Crippen LogP) is -1.50. The first-order chi connectivity index (χ1) is 5.45. The number of rotatable bonds is 5. The van der Waals surface area contributed by atoms with E-state index in [1.807, 2.05) is 0 Å². The largest absolute Gasteiger partial charge is 0.479 e. The fraction of sp³-hybridized carbons (Fsp3) is 0.667. The summed E-state index contributed by atoms with van der Waals surface area (Å²) in [7, 11) is 0. The third-order valence-corrected chi connectivity index (χ3v) is 1.45. The van der Waals surface area contributed by atoms with Gasteiger partial charge in [-0.3, -0.25) is 5.32 Å². The number of carbonyl (C=O) groups is 2. The Morgan fingerprint density at radius 3 is 2.00 bits per heavy atom. The van der Waals surface area contributed by atoms with Gasteiger partial charge in [0.05, 0.1) is 6.61 Å². The van der Waals surface area contributed by atoms with E-state index in [4.69, 9.17) is 15.3 Å². The molecule has 0 amide bonds. The molecule has 0 rings (SSSR count). The van der Waals surface area contributed by atoms with Gasteiger partial charge in [-0.1, -0.05) is 0 Å². The highest BCUT2D eigenvalue weighted by molar-refractivity contribution is 6.02. The summed E-state index contributed by atoms with van der Waals surface area (Å²) in [6, 6.07) is 0. The van der Waals surface area contributed by atoms with Gasteiger partial charge in [0.1, 0.15) is 0 Å². The van der Waals surface area contributed by atoms with Crippen LogP contribution in [0.3, 0.4) is 0 Å².